The van der Waals surface area contributed by atoms with Crippen LogP contribution in [0.5, 0.6) is 5.75 Å². The van der Waals surface area contributed by atoms with Crippen LogP contribution in [0.1, 0.15) is 18.1 Å². The molecule has 162 valence electrons. The highest BCUT2D eigenvalue weighted by Gasteiger charge is 2.17. The van der Waals surface area contributed by atoms with Gasteiger partial charge in [0.25, 0.3) is 0 Å². The number of aryl methyl sites for hydroxylation is 1. The minimum Gasteiger partial charge on any atom is -0.481 e. The molecule has 4 aromatic rings. The van der Waals surface area contributed by atoms with Crippen molar-refractivity contribution in [2.24, 2.45) is 0 Å². The van der Waals surface area contributed by atoms with Crippen molar-refractivity contribution in [2.75, 3.05) is 6.61 Å². The summed E-state index contributed by atoms with van der Waals surface area (Å²) in [7, 11) is 0. The molecule has 1 heterocycles. The van der Waals surface area contributed by atoms with E-state index in [1.807, 2.05) is 53.2 Å². The first kappa shape index (κ1) is 21.3. The van der Waals surface area contributed by atoms with E-state index in [4.69, 9.17) is 14.9 Å². The Kier molecular flexibility index (Phi) is 6.31. The van der Waals surface area contributed by atoms with E-state index in [-0.39, 0.29) is 5.82 Å². The summed E-state index contributed by atoms with van der Waals surface area (Å²) in [5, 5.41) is 13.9. The topological polar surface area (TPSA) is 64.3 Å². The van der Waals surface area contributed by atoms with Crippen molar-refractivity contribution >= 4 is 5.97 Å². The van der Waals surface area contributed by atoms with E-state index in [1.54, 1.807) is 18.2 Å². The Balaban J connectivity index is 1.82. The Hall–Kier alpha value is -3.93. The fraction of sp³-hybridized carbons (Fsp3) is 0.154. The van der Waals surface area contributed by atoms with Gasteiger partial charge in [0, 0.05) is 11.1 Å². The zero-order chi connectivity index (χ0) is 22.5. The zero-order valence-electron chi connectivity index (χ0n) is 17.7. The zero-order valence-corrected chi connectivity index (χ0v) is 17.7. The van der Waals surface area contributed by atoms with Gasteiger partial charge in [-0.2, -0.15) is 5.10 Å². The van der Waals surface area contributed by atoms with Crippen molar-refractivity contribution in [2.45, 2.75) is 19.9 Å². The van der Waals surface area contributed by atoms with E-state index in [0.29, 0.717) is 18.0 Å². The lowest BCUT2D eigenvalue weighted by atomic mass is 10.0. The Morgan fingerprint density at radius 3 is 2.44 bits per heavy atom. The highest BCUT2D eigenvalue weighted by Crippen LogP contribution is 2.34. The van der Waals surface area contributed by atoms with Crippen LogP contribution < -0.4 is 4.74 Å². The number of carboxylic acids is 1. The molecule has 0 unspecified atom stereocenters. The van der Waals surface area contributed by atoms with E-state index in [2.05, 4.69) is 6.92 Å². The largest absolute Gasteiger partial charge is 0.481 e. The molecule has 4 rings (SSSR count). The van der Waals surface area contributed by atoms with E-state index < -0.39 is 12.6 Å². The molecule has 0 saturated heterocycles. The average Bonchev–Trinajstić information content (AvgIpc) is 3.22. The molecule has 0 aliphatic rings. The third kappa shape index (κ3) is 4.86. The van der Waals surface area contributed by atoms with Gasteiger partial charge in [0.15, 0.2) is 6.61 Å². The predicted molar refractivity (Wildman–Crippen MR) is 121 cm³/mol. The van der Waals surface area contributed by atoms with E-state index in [0.717, 1.165) is 34.4 Å². The van der Waals surface area contributed by atoms with E-state index >= 15 is 0 Å². The molecular weight excluding hydrogens is 407 g/mol. The molecule has 0 fully saturated rings. The molecule has 1 N–H and O–H groups in total. The molecule has 0 aliphatic carbocycles. The van der Waals surface area contributed by atoms with Crippen molar-refractivity contribution < 1.29 is 19.0 Å². The third-order valence-corrected chi connectivity index (χ3v) is 5.17. The molecule has 3 aromatic carbocycles. The van der Waals surface area contributed by atoms with Crippen LogP contribution in [0.15, 0.2) is 78.9 Å². The van der Waals surface area contributed by atoms with Crippen LogP contribution in [0.25, 0.3) is 22.5 Å². The Morgan fingerprint density at radius 1 is 1.00 bits per heavy atom. The van der Waals surface area contributed by atoms with Gasteiger partial charge in [-0.25, -0.2) is 9.18 Å². The second-order valence-corrected chi connectivity index (χ2v) is 7.43. The van der Waals surface area contributed by atoms with Gasteiger partial charge >= 0.3 is 5.97 Å². The Labute approximate surface area is 185 Å². The molecule has 0 bridgehead atoms. The molecule has 0 aliphatic heterocycles. The van der Waals surface area contributed by atoms with Crippen LogP contribution in [-0.4, -0.2) is 27.5 Å². The number of hydrogen-bond acceptors (Lipinski definition) is 3. The molecule has 0 saturated carbocycles. The summed E-state index contributed by atoms with van der Waals surface area (Å²) in [6.07, 6.45) is 0.821. The van der Waals surface area contributed by atoms with Crippen molar-refractivity contribution in [1.82, 2.24) is 9.78 Å². The quantitative estimate of drug-likeness (QED) is 0.405. The molecule has 0 spiro atoms. The molecule has 0 amide bonds. The number of ether oxygens (including phenoxy) is 1. The average molecular weight is 430 g/mol. The van der Waals surface area contributed by atoms with E-state index in [9.17, 15) is 9.18 Å². The first-order valence-electron chi connectivity index (χ1n) is 10.4. The number of benzene rings is 3. The second-order valence-electron chi connectivity index (χ2n) is 7.43. The Bertz CT molecular complexity index is 1220. The third-order valence-electron chi connectivity index (χ3n) is 5.17. The standard InChI is InChI=1S/C26H23FN2O3/c1-2-18-8-13-25(32-17-26(30)31)22(14-18)23-15-24(20-9-11-21(27)12-10-20)29(28-23)16-19-6-4-3-5-7-19/h3-15H,2,16-17H2,1H3,(H,30,31). The molecule has 6 heteroatoms. The number of carboxylic acid groups (broad SMARTS) is 1. The van der Waals surface area contributed by atoms with Crippen LogP contribution >= 0.6 is 0 Å². The van der Waals surface area contributed by atoms with Crippen molar-refractivity contribution in [3.63, 3.8) is 0 Å². The van der Waals surface area contributed by atoms with Crippen molar-refractivity contribution in [1.29, 1.82) is 0 Å². The van der Waals surface area contributed by atoms with Gasteiger partial charge in [-0.05, 0) is 60.0 Å². The summed E-state index contributed by atoms with van der Waals surface area (Å²) in [5.41, 5.74) is 5.21. The van der Waals surface area contributed by atoms with Gasteiger partial charge in [-0.15, -0.1) is 0 Å². The summed E-state index contributed by atoms with van der Waals surface area (Å²) >= 11 is 0. The summed E-state index contributed by atoms with van der Waals surface area (Å²) in [5.74, 6) is -0.889. The molecule has 0 atom stereocenters. The summed E-state index contributed by atoms with van der Waals surface area (Å²) in [6.45, 7) is 2.15. The molecule has 0 radical (unpaired) electrons. The van der Waals surface area contributed by atoms with Crippen LogP contribution in [0.3, 0.4) is 0 Å². The van der Waals surface area contributed by atoms with Gasteiger partial charge in [-0.3, -0.25) is 4.68 Å². The number of halogens is 1. The number of aliphatic carboxylic acids is 1. The fourth-order valence-electron chi connectivity index (χ4n) is 3.54. The minimum atomic E-state index is -1.04. The minimum absolute atomic E-state index is 0.303. The highest BCUT2D eigenvalue weighted by atomic mass is 19.1. The first-order valence-corrected chi connectivity index (χ1v) is 10.4. The van der Waals surface area contributed by atoms with Crippen molar-refractivity contribution in [3.05, 3.63) is 95.8 Å². The summed E-state index contributed by atoms with van der Waals surface area (Å²) in [4.78, 5) is 11.0. The van der Waals surface area contributed by atoms with Gasteiger partial charge in [-0.1, -0.05) is 43.3 Å². The number of rotatable bonds is 8. The summed E-state index contributed by atoms with van der Waals surface area (Å²) < 4.78 is 20.9. The van der Waals surface area contributed by atoms with Gasteiger partial charge in [0.05, 0.1) is 17.9 Å². The summed E-state index contributed by atoms with van der Waals surface area (Å²) in [6, 6.07) is 23.9. The number of aromatic nitrogens is 2. The molecular formula is C26H23FN2O3. The predicted octanol–water partition coefficient (Wildman–Crippen LogP) is 5.43. The molecule has 32 heavy (non-hydrogen) atoms. The monoisotopic (exact) mass is 430 g/mol. The van der Waals surface area contributed by atoms with E-state index in [1.165, 1.54) is 12.1 Å². The SMILES string of the molecule is CCc1ccc(OCC(=O)O)c(-c2cc(-c3ccc(F)cc3)n(Cc3ccccc3)n2)c1. The fourth-order valence-corrected chi connectivity index (χ4v) is 3.54. The first-order chi connectivity index (χ1) is 15.5. The Morgan fingerprint density at radius 2 is 1.75 bits per heavy atom. The lowest BCUT2D eigenvalue weighted by molar-refractivity contribution is -0.139. The number of nitrogens with zero attached hydrogens (tertiary/aromatic N) is 2. The van der Waals surface area contributed by atoms with Gasteiger partial charge in [0.1, 0.15) is 11.6 Å². The van der Waals surface area contributed by atoms with Crippen molar-refractivity contribution in [3.8, 4) is 28.3 Å². The molecule has 1 aromatic heterocycles. The maximum Gasteiger partial charge on any atom is 0.341 e. The lowest BCUT2D eigenvalue weighted by Gasteiger charge is -2.10. The maximum atomic E-state index is 13.5. The van der Waals surface area contributed by atoms with Crippen LogP contribution in [0.4, 0.5) is 4.39 Å². The maximum absolute atomic E-state index is 13.5. The smallest absolute Gasteiger partial charge is 0.341 e. The number of carbonyl (C=O) groups is 1. The van der Waals surface area contributed by atoms with Gasteiger partial charge in [0.2, 0.25) is 0 Å². The lowest BCUT2D eigenvalue weighted by Crippen LogP contribution is -2.10. The van der Waals surface area contributed by atoms with Crippen LogP contribution in [0.2, 0.25) is 0 Å². The highest BCUT2D eigenvalue weighted by molar-refractivity contribution is 5.74. The van der Waals surface area contributed by atoms with Crippen LogP contribution in [0, 0.1) is 5.82 Å². The second kappa shape index (κ2) is 9.47. The van der Waals surface area contributed by atoms with Gasteiger partial charge < -0.3 is 9.84 Å². The molecule has 5 nitrogen and oxygen atoms in total. The number of hydrogen-bond donors (Lipinski definition) is 1. The van der Waals surface area contributed by atoms with Crippen LogP contribution in [-0.2, 0) is 17.8 Å². The normalized spacial score (nSPS) is 10.8.